The van der Waals surface area contributed by atoms with Crippen LogP contribution >= 0.6 is 0 Å². The predicted molar refractivity (Wildman–Crippen MR) is 104 cm³/mol. The minimum atomic E-state index is -2.09. The van der Waals surface area contributed by atoms with Gasteiger partial charge in [0, 0.05) is 5.69 Å². The van der Waals surface area contributed by atoms with E-state index in [0.29, 0.717) is 0 Å². The smallest absolute Gasteiger partial charge is 0.178 e. The van der Waals surface area contributed by atoms with Gasteiger partial charge in [0.15, 0.2) is 5.78 Å². The van der Waals surface area contributed by atoms with Crippen LogP contribution in [0.3, 0.4) is 0 Å². The number of carbonyl (C=O) groups excluding carboxylic acids is 1. The summed E-state index contributed by atoms with van der Waals surface area (Å²) in [6.45, 7) is 4.45. The Morgan fingerprint density at radius 2 is 1.72 bits per heavy atom. The van der Waals surface area contributed by atoms with Gasteiger partial charge < -0.3 is 10.8 Å². The van der Waals surface area contributed by atoms with E-state index in [1.807, 2.05) is 42.5 Å². The highest BCUT2D eigenvalue weighted by atomic mass is 28.3. The highest BCUT2D eigenvalue weighted by Gasteiger charge is 2.39. The van der Waals surface area contributed by atoms with Crippen molar-refractivity contribution in [3.05, 3.63) is 82.6 Å². The number of phenols is 1. The summed E-state index contributed by atoms with van der Waals surface area (Å²) in [5.41, 5.74) is 11.0. The summed E-state index contributed by atoms with van der Waals surface area (Å²) in [5.74, 6) is 0.289. The summed E-state index contributed by atoms with van der Waals surface area (Å²) in [7, 11) is -2.09. The molecule has 2 aliphatic rings. The van der Waals surface area contributed by atoms with E-state index in [9.17, 15) is 9.90 Å². The van der Waals surface area contributed by atoms with E-state index in [4.69, 9.17) is 5.73 Å². The fourth-order valence-electron chi connectivity index (χ4n) is 3.78. The van der Waals surface area contributed by atoms with Crippen molar-refractivity contribution in [1.29, 1.82) is 0 Å². The van der Waals surface area contributed by atoms with Gasteiger partial charge in [0.25, 0.3) is 0 Å². The summed E-state index contributed by atoms with van der Waals surface area (Å²) in [6, 6.07) is 13.4. The number of hydrogen-bond acceptors (Lipinski definition) is 3. The first kappa shape index (κ1) is 15.7. The number of fused-ring (bicyclic) bond motifs is 2. The Morgan fingerprint density at radius 3 is 2.44 bits per heavy atom. The number of phenolic OH excluding ortho intramolecular Hbond substituents is 1. The summed E-state index contributed by atoms with van der Waals surface area (Å²) < 4.78 is 0. The van der Waals surface area contributed by atoms with Crippen molar-refractivity contribution in [2.75, 3.05) is 5.73 Å². The number of carbonyl (C=O) groups is 1. The minimum Gasteiger partial charge on any atom is -0.508 e. The molecule has 0 bridgehead atoms. The average Bonchev–Trinajstić information content (AvgIpc) is 2.58. The minimum absolute atomic E-state index is 0.0274. The lowest BCUT2D eigenvalue weighted by molar-refractivity contribution is -0.110. The van der Waals surface area contributed by atoms with Gasteiger partial charge in [-0.1, -0.05) is 37.4 Å². The number of aromatic hydroxyl groups is 1. The molecule has 0 saturated carbocycles. The molecule has 3 N–H and O–H groups in total. The van der Waals surface area contributed by atoms with Crippen LogP contribution in [-0.4, -0.2) is 19.0 Å². The van der Waals surface area contributed by atoms with Crippen molar-refractivity contribution in [2.24, 2.45) is 0 Å². The third kappa shape index (κ3) is 2.37. The maximum atomic E-state index is 12.0. The lowest BCUT2D eigenvalue weighted by Gasteiger charge is -2.37. The molecular formula is C21H19NO2Si. The van der Waals surface area contributed by atoms with Crippen LogP contribution in [0.25, 0.3) is 5.57 Å². The molecule has 2 aromatic carbocycles. The second-order valence-corrected chi connectivity index (χ2v) is 11.4. The molecule has 0 aromatic heterocycles. The van der Waals surface area contributed by atoms with Crippen molar-refractivity contribution in [3.8, 4) is 5.75 Å². The topological polar surface area (TPSA) is 63.3 Å². The molecule has 2 aromatic rings. The van der Waals surface area contributed by atoms with Crippen molar-refractivity contribution >= 4 is 30.3 Å². The third-order valence-corrected chi connectivity index (χ3v) is 8.60. The maximum absolute atomic E-state index is 12.0. The quantitative estimate of drug-likeness (QED) is 0.616. The number of ketones is 1. The highest BCUT2D eigenvalue weighted by Crippen LogP contribution is 2.41. The summed E-state index contributed by atoms with van der Waals surface area (Å²) >= 11 is 0. The number of anilines is 1. The molecule has 25 heavy (non-hydrogen) atoms. The van der Waals surface area contributed by atoms with Crippen LogP contribution in [-0.2, 0) is 4.79 Å². The Kier molecular flexibility index (Phi) is 3.34. The Balaban J connectivity index is 2.09. The standard InChI is InChI=1S/C21H19NO2Si/c1-25(2)19-11-15(23)7-9-17(19)21(13-3-5-14(22)6-4-13)18-10-8-16(24)12-20(18)25/h3-12,23H,22H2,1-2H3. The fourth-order valence-corrected chi connectivity index (χ4v) is 6.84. The van der Waals surface area contributed by atoms with Crippen LogP contribution in [0.15, 0.2) is 71.5 Å². The molecule has 0 amide bonds. The van der Waals surface area contributed by atoms with Gasteiger partial charge in [-0.2, -0.15) is 0 Å². The summed E-state index contributed by atoms with van der Waals surface area (Å²) in [4.78, 5) is 12.0. The van der Waals surface area contributed by atoms with Crippen molar-refractivity contribution < 1.29 is 9.90 Å². The number of benzene rings is 2. The third-order valence-electron chi connectivity index (χ3n) is 5.08. The number of rotatable bonds is 1. The molecule has 1 aliphatic carbocycles. The van der Waals surface area contributed by atoms with Gasteiger partial charge >= 0.3 is 0 Å². The van der Waals surface area contributed by atoms with Crippen molar-refractivity contribution in [3.63, 3.8) is 0 Å². The van der Waals surface area contributed by atoms with Gasteiger partial charge in [-0.3, -0.25) is 4.79 Å². The molecule has 0 atom stereocenters. The molecule has 4 rings (SSSR count). The fraction of sp³-hybridized carbons (Fsp3) is 0.0952. The number of nitrogen functional groups attached to an aromatic ring is 1. The van der Waals surface area contributed by atoms with Gasteiger partial charge in [-0.05, 0) is 69.1 Å². The molecule has 1 aliphatic heterocycles. The molecule has 0 spiro atoms. The van der Waals surface area contributed by atoms with Gasteiger partial charge in [0.05, 0.1) is 0 Å². The summed E-state index contributed by atoms with van der Waals surface area (Å²) in [5, 5.41) is 12.3. The first-order valence-electron chi connectivity index (χ1n) is 8.26. The molecule has 124 valence electrons. The Bertz CT molecular complexity index is 995. The van der Waals surface area contributed by atoms with Gasteiger partial charge in [-0.15, -0.1) is 0 Å². The zero-order chi connectivity index (χ0) is 17.8. The lowest BCUT2D eigenvalue weighted by Crippen LogP contribution is -2.49. The average molecular weight is 345 g/mol. The van der Waals surface area contributed by atoms with Gasteiger partial charge in [0.2, 0.25) is 0 Å². The first-order chi connectivity index (χ1) is 11.9. The van der Waals surface area contributed by atoms with Crippen LogP contribution in [0.5, 0.6) is 5.75 Å². The van der Waals surface area contributed by atoms with E-state index in [2.05, 4.69) is 13.1 Å². The largest absolute Gasteiger partial charge is 0.508 e. The normalized spacial score (nSPS) is 17.8. The van der Waals surface area contributed by atoms with Crippen LogP contribution < -0.4 is 10.9 Å². The maximum Gasteiger partial charge on any atom is 0.178 e. The second-order valence-electron chi connectivity index (χ2n) is 7.06. The molecule has 0 unspecified atom stereocenters. The zero-order valence-electron chi connectivity index (χ0n) is 14.2. The number of hydrogen-bond donors (Lipinski definition) is 2. The molecule has 4 heteroatoms. The number of allylic oxidation sites excluding steroid dienone is 5. The Labute approximate surface area is 147 Å². The predicted octanol–water partition coefficient (Wildman–Crippen LogP) is 3.31. The first-order valence-corrected chi connectivity index (χ1v) is 11.3. The monoisotopic (exact) mass is 345 g/mol. The lowest BCUT2D eigenvalue weighted by atomic mass is 9.90. The molecule has 3 nitrogen and oxygen atoms in total. The Hall–Kier alpha value is -2.85. The Morgan fingerprint density at radius 1 is 1.00 bits per heavy atom. The van der Waals surface area contributed by atoms with E-state index in [1.54, 1.807) is 18.2 Å². The molecule has 0 fully saturated rings. The van der Waals surface area contributed by atoms with Crippen LogP contribution in [0.1, 0.15) is 11.1 Å². The van der Waals surface area contributed by atoms with E-state index >= 15 is 0 Å². The van der Waals surface area contributed by atoms with E-state index in [0.717, 1.165) is 38.3 Å². The van der Waals surface area contributed by atoms with E-state index in [-0.39, 0.29) is 11.5 Å². The van der Waals surface area contributed by atoms with Crippen LogP contribution in [0.4, 0.5) is 5.69 Å². The second kappa shape index (κ2) is 5.33. The molecule has 1 heterocycles. The van der Waals surface area contributed by atoms with E-state index in [1.165, 1.54) is 0 Å². The zero-order valence-corrected chi connectivity index (χ0v) is 15.2. The van der Waals surface area contributed by atoms with Gasteiger partial charge in [-0.25, -0.2) is 0 Å². The van der Waals surface area contributed by atoms with Crippen LogP contribution in [0.2, 0.25) is 13.1 Å². The molecule has 0 radical (unpaired) electrons. The van der Waals surface area contributed by atoms with Crippen molar-refractivity contribution in [2.45, 2.75) is 13.1 Å². The SMILES string of the molecule is C[Si]1(C)C2=CC(=O)C=CC2=C(c2ccc(N)cc2)c2ccc(O)cc21. The molecular weight excluding hydrogens is 326 g/mol. The van der Waals surface area contributed by atoms with Crippen molar-refractivity contribution in [1.82, 2.24) is 0 Å². The molecule has 0 saturated heterocycles. The highest BCUT2D eigenvalue weighted by molar-refractivity contribution is 6.98. The van der Waals surface area contributed by atoms with Crippen LogP contribution in [0, 0.1) is 0 Å². The number of nitrogens with two attached hydrogens (primary N) is 1. The van der Waals surface area contributed by atoms with E-state index < -0.39 is 8.07 Å². The summed E-state index contributed by atoms with van der Waals surface area (Å²) in [6.07, 6.45) is 5.34. The van der Waals surface area contributed by atoms with Gasteiger partial charge in [0.1, 0.15) is 13.8 Å².